The summed E-state index contributed by atoms with van der Waals surface area (Å²) >= 11 is 6.04. The second-order valence-corrected chi connectivity index (χ2v) is 9.07. The van der Waals surface area contributed by atoms with Gasteiger partial charge in [0.25, 0.3) is 10.1 Å². The second kappa shape index (κ2) is 7.05. The number of piperidine rings is 1. The van der Waals surface area contributed by atoms with E-state index in [0.29, 0.717) is 45.1 Å². The van der Waals surface area contributed by atoms with E-state index >= 15 is 0 Å². The van der Waals surface area contributed by atoms with Crippen LogP contribution in [-0.4, -0.2) is 33.2 Å². The lowest BCUT2D eigenvalue weighted by atomic mass is 9.68. The average molecular weight is 408 g/mol. The van der Waals surface area contributed by atoms with Crippen LogP contribution in [0.25, 0.3) is 0 Å². The van der Waals surface area contributed by atoms with Gasteiger partial charge in [-0.1, -0.05) is 11.6 Å². The average Bonchev–Trinajstić information content (AvgIpc) is 2.55. The summed E-state index contributed by atoms with van der Waals surface area (Å²) in [7, 11) is -3.54. The summed E-state index contributed by atoms with van der Waals surface area (Å²) in [5.74, 6) is -2.28. The van der Waals surface area contributed by atoms with Crippen molar-refractivity contribution < 1.29 is 26.2 Å². The first-order valence-electron chi connectivity index (χ1n) is 8.46. The Kier molecular flexibility index (Phi) is 5.29. The van der Waals surface area contributed by atoms with E-state index in [2.05, 4.69) is 0 Å². The molecule has 2 fully saturated rings. The first-order chi connectivity index (χ1) is 12.1. The highest BCUT2D eigenvalue weighted by atomic mass is 35.5. The van der Waals surface area contributed by atoms with Crippen LogP contribution in [0.1, 0.15) is 38.5 Å². The number of amides is 1. The zero-order chi connectivity index (χ0) is 19.1. The largest absolute Gasteiger partial charge is 0.310 e. The molecule has 0 aromatic heterocycles. The summed E-state index contributed by atoms with van der Waals surface area (Å²) in [6.07, 6.45) is 3.86. The van der Waals surface area contributed by atoms with Crippen LogP contribution in [0.2, 0.25) is 5.02 Å². The molecule has 0 bridgehead atoms. The SMILES string of the molecule is CS(=O)(=O)OC1CCC2(CCCN(c3cc(F)c(F)cc3Cl)C2=O)CC1. The van der Waals surface area contributed by atoms with Crippen LogP contribution in [0.5, 0.6) is 0 Å². The van der Waals surface area contributed by atoms with Crippen LogP contribution in [0.15, 0.2) is 12.1 Å². The smallest absolute Gasteiger partial charge is 0.264 e. The minimum absolute atomic E-state index is 0.0107. The van der Waals surface area contributed by atoms with Crippen molar-refractivity contribution >= 4 is 33.3 Å². The highest BCUT2D eigenvalue weighted by Crippen LogP contribution is 2.46. The normalized spacial score (nSPS) is 27.2. The predicted molar refractivity (Wildman–Crippen MR) is 93.6 cm³/mol. The van der Waals surface area contributed by atoms with Crippen molar-refractivity contribution in [2.45, 2.75) is 44.6 Å². The van der Waals surface area contributed by atoms with Gasteiger partial charge in [0.2, 0.25) is 5.91 Å². The molecule has 5 nitrogen and oxygen atoms in total. The van der Waals surface area contributed by atoms with Gasteiger partial charge in [0.1, 0.15) is 0 Å². The van der Waals surface area contributed by atoms with Gasteiger partial charge in [0, 0.05) is 12.6 Å². The standard InChI is InChI=1S/C17H20ClF2NO4S/c1-26(23,24)25-11-3-6-17(7-4-11)5-2-8-21(16(17)22)15-10-14(20)13(19)9-12(15)18/h9-11H,2-8H2,1H3. The quantitative estimate of drug-likeness (QED) is 0.566. The summed E-state index contributed by atoms with van der Waals surface area (Å²) in [4.78, 5) is 14.6. The van der Waals surface area contributed by atoms with E-state index in [9.17, 15) is 22.0 Å². The van der Waals surface area contributed by atoms with E-state index in [1.165, 1.54) is 4.90 Å². The molecule has 3 rings (SSSR count). The number of carbonyl (C=O) groups is 1. The molecule has 1 saturated heterocycles. The van der Waals surface area contributed by atoms with Gasteiger partial charge in [-0.3, -0.25) is 8.98 Å². The lowest BCUT2D eigenvalue weighted by Gasteiger charge is -2.45. The molecular weight excluding hydrogens is 388 g/mol. The predicted octanol–water partition coefficient (Wildman–Crippen LogP) is 3.65. The summed E-state index contributed by atoms with van der Waals surface area (Å²) in [6.45, 7) is 0.384. The minimum atomic E-state index is -3.54. The first-order valence-corrected chi connectivity index (χ1v) is 10.7. The van der Waals surface area contributed by atoms with Crippen LogP contribution in [0.4, 0.5) is 14.5 Å². The Labute approximate surface area is 156 Å². The molecule has 0 unspecified atom stereocenters. The molecule has 26 heavy (non-hydrogen) atoms. The zero-order valence-corrected chi connectivity index (χ0v) is 15.9. The van der Waals surface area contributed by atoms with E-state index in [-0.39, 0.29) is 16.6 Å². The summed E-state index contributed by atoms with van der Waals surface area (Å²) < 4.78 is 54.6. The van der Waals surface area contributed by atoms with E-state index in [4.69, 9.17) is 15.8 Å². The number of anilines is 1. The van der Waals surface area contributed by atoms with Crippen LogP contribution < -0.4 is 4.90 Å². The molecule has 1 heterocycles. The number of carbonyl (C=O) groups excluding carboxylic acids is 1. The lowest BCUT2D eigenvalue weighted by Crippen LogP contribution is -2.51. The topological polar surface area (TPSA) is 63.7 Å². The molecule has 1 saturated carbocycles. The number of benzene rings is 1. The Morgan fingerprint density at radius 3 is 2.42 bits per heavy atom. The van der Waals surface area contributed by atoms with Crippen molar-refractivity contribution in [3.05, 3.63) is 28.8 Å². The highest BCUT2D eigenvalue weighted by molar-refractivity contribution is 7.86. The third kappa shape index (κ3) is 3.87. The van der Waals surface area contributed by atoms with Gasteiger partial charge in [-0.2, -0.15) is 8.42 Å². The third-order valence-corrected chi connectivity index (χ3v) is 6.14. The highest BCUT2D eigenvalue weighted by Gasteiger charge is 2.47. The first kappa shape index (κ1) is 19.5. The van der Waals surface area contributed by atoms with Crippen molar-refractivity contribution in [2.24, 2.45) is 5.41 Å². The third-order valence-electron chi connectivity index (χ3n) is 5.22. The molecule has 1 spiro atoms. The fraction of sp³-hybridized carbons (Fsp3) is 0.588. The number of rotatable bonds is 3. The summed E-state index contributed by atoms with van der Waals surface area (Å²) in [5, 5.41) is -0.0107. The van der Waals surface area contributed by atoms with Gasteiger partial charge >= 0.3 is 0 Å². The van der Waals surface area contributed by atoms with Crippen LogP contribution in [0.3, 0.4) is 0 Å². The molecule has 1 aromatic rings. The van der Waals surface area contributed by atoms with Crippen LogP contribution in [-0.2, 0) is 19.1 Å². The fourth-order valence-corrected chi connectivity index (χ4v) is 4.91. The molecule has 1 aliphatic carbocycles. The molecule has 1 amide bonds. The van der Waals surface area contributed by atoms with Crippen molar-refractivity contribution in [3.63, 3.8) is 0 Å². The maximum absolute atomic E-state index is 13.6. The minimum Gasteiger partial charge on any atom is -0.310 e. The van der Waals surface area contributed by atoms with E-state index < -0.39 is 33.3 Å². The van der Waals surface area contributed by atoms with Crippen LogP contribution >= 0.6 is 11.6 Å². The maximum Gasteiger partial charge on any atom is 0.264 e. The van der Waals surface area contributed by atoms with Crippen molar-refractivity contribution in [2.75, 3.05) is 17.7 Å². The monoisotopic (exact) mass is 407 g/mol. The number of halogens is 3. The molecule has 0 atom stereocenters. The van der Waals surface area contributed by atoms with E-state index in [1.54, 1.807) is 0 Å². The molecule has 0 radical (unpaired) electrons. The molecule has 1 aromatic carbocycles. The molecule has 1 aliphatic heterocycles. The van der Waals surface area contributed by atoms with Crippen LogP contribution in [0, 0.1) is 17.0 Å². The zero-order valence-electron chi connectivity index (χ0n) is 14.3. The fourth-order valence-electron chi connectivity index (χ4n) is 3.97. The number of hydrogen-bond acceptors (Lipinski definition) is 4. The molecular formula is C17H20ClF2NO4S. The number of nitrogens with zero attached hydrogens (tertiary/aromatic N) is 1. The Balaban J connectivity index is 1.80. The van der Waals surface area contributed by atoms with Gasteiger partial charge in [-0.25, -0.2) is 8.78 Å². The Morgan fingerprint density at radius 2 is 1.81 bits per heavy atom. The van der Waals surface area contributed by atoms with Crippen molar-refractivity contribution in [1.29, 1.82) is 0 Å². The van der Waals surface area contributed by atoms with Crippen molar-refractivity contribution in [1.82, 2.24) is 0 Å². The molecule has 2 aliphatic rings. The summed E-state index contributed by atoms with van der Waals surface area (Å²) in [5.41, 5.74) is -0.465. The molecule has 144 valence electrons. The Bertz CT molecular complexity index is 822. The van der Waals surface area contributed by atoms with Gasteiger partial charge < -0.3 is 4.90 Å². The maximum atomic E-state index is 13.6. The molecule has 0 N–H and O–H groups in total. The van der Waals surface area contributed by atoms with Gasteiger partial charge in [0.15, 0.2) is 11.6 Å². The van der Waals surface area contributed by atoms with E-state index in [0.717, 1.165) is 18.4 Å². The van der Waals surface area contributed by atoms with Gasteiger partial charge in [0.05, 0.1) is 28.5 Å². The molecule has 9 heteroatoms. The summed E-state index contributed by atoms with van der Waals surface area (Å²) in [6, 6.07) is 1.82. The lowest BCUT2D eigenvalue weighted by molar-refractivity contribution is -0.133. The van der Waals surface area contributed by atoms with Gasteiger partial charge in [-0.05, 0) is 44.6 Å². The second-order valence-electron chi connectivity index (χ2n) is 7.06. The van der Waals surface area contributed by atoms with E-state index in [1.807, 2.05) is 0 Å². The van der Waals surface area contributed by atoms with Crippen molar-refractivity contribution in [3.8, 4) is 0 Å². The van der Waals surface area contributed by atoms with Gasteiger partial charge in [-0.15, -0.1) is 0 Å². The Hall–Kier alpha value is -1.25. The Morgan fingerprint density at radius 1 is 1.19 bits per heavy atom. The number of hydrogen-bond donors (Lipinski definition) is 0.